The van der Waals surface area contributed by atoms with E-state index in [2.05, 4.69) is 9.82 Å². The van der Waals surface area contributed by atoms with Gasteiger partial charge in [0.25, 0.3) is 0 Å². The number of aromatic nitrogens is 2. The van der Waals surface area contributed by atoms with Gasteiger partial charge in [0.05, 0.1) is 19.0 Å². The van der Waals surface area contributed by atoms with E-state index in [9.17, 15) is 8.42 Å². The molecule has 0 radical (unpaired) electrons. The summed E-state index contributed by atoms with van der Waals surface area (Å²) in [6.07, 6.45) is 4.35. The van der Waals surface area contributed by atoms with Gasteiger partial charge in [0, 0.05) is 12.2 Å². The van der Waals surface area contributed by atoms with Crippen LogP contribution in [-0.4, -0.2) is 18.2 Å². The first kappa shape index (κ1) is 12.8. The van der Waals surface area contributed by atoms with Crippen molar-refractivity contribution in [3.63, 3.8) is 0 Å². The van der Waals surface area contributed by atoms with Crippen LogP contribution in [0.25, 0.3) is 0 Å². The Kier molecular flexibility index (Phi) is 3.53. The minimum absolute atomic E-state index is 0.124. The van der Waals surface area contributed by atoms with Crippen LogP contribution in [0.3, 0.4) is 0 Å². The van der Waals surface area contributed by atoms with Gasteiger partial charge in [-0.05, 0) is 26.0 Å². The maximum Gasteiger partial charge on any atom is 0.244 e. The van der Waals surface area contributed by atoms with Gasteiger partial charge in [0.1, 0.15) is 10.7 Å². The molecule has 0 saturated heterocycles. The number of hydrogen-bond donors (Lipinski definition) is 1. The smallest absolute Gasteiger partial charge is 0.244 e. The molecule has 0 spiro atoms. The van der Waals surface area contributed by atoms with Crippen LogP contribution >= 0.6 is 0 Å². The van der Waals surface area contributed by atoms with Crippen LogP contribution in [-0.2, 0) is 16.6 Å². The minimum Gasteiger partial charge on any atom is -0.468 e. The maximum absolute atomic E-state index is 12.0. The van der Waals surface area contributed by atoms with Gasteiger partial charge in [-0.15, -0.1) is 0 Å². The highest BCUT2D eigenvalue weighted by atomic mass is 32.2. The summed E-state index contributed by atoms with van der Waals surface area (Å²) in [5.41, 5.74) is 0. The third-order valence-corrected chi connectivity index (χ3v) is 3.79. The zero-order chi connectivity index (χ0) is 13.2. The van der Waals surface area contributed by atoms with E-state index in [1.807, 2.05) is 13.8 Å². The third-order valence-electron chi connectivity index (χ3n) is 2.43. The van der Waals surface area contributed by atoms with E-state index in [0.29, 0.717) is 5.76 Å². The molecule has 7 heteroatoms. The highest BCUT2D eigenvalue weighted by molar-refractivity contribution is 7.89. The number of hydrogen-bond acceptors (Lipinski definition) is 4. The Morgan fingerprint density at radius 1 is 1.50 bits per heavy atom. The van der Waals surface area contributed by atoms with E-state index in [4.69, 9.17) is 4.42 Å². The van der Waals surface area contributed by atoms with Gasteiger partial charge in [-0.3, -0.25) is 4.68 Å². The molecular weight excluding hydrogens is 254 g/mol. The Bertz CT molecular complexity index is 599. The van der Waals surface area contributed by atoms with E-state index < -0.39 is 10.0 Å². The summed E-state index contributed by atoms with van der Waals surface area (Å²) in [6.45, 7) is 3.99. The van der Waals surface area contributed by atoms with Gasteiger partial charge in [-0.25, -0.2) is 13.1 Å². The van der Waals surface area contributed by atoms with Crippen LogP contribution in [0, 0.1) is 0 Å². The number of furan rings is 1. The first-order chi connectivity index (χ1) is 8.49. The fourth-order valence-corrected chi connectivity index (χ4v) is 2.34. The van der Waals surface area contributed by atoms with Gasteiger partial charge < -0.3 is 4.42 Å². The summed E-state index contributed by atoms with van der Waals surface area (Å²) >= 11 is 0. The van der Waals surface area contributed by atoms with E-state index in [1.165, 1.54) is 18.7 Å². The molecule has 2 aromatic rings. The van der Waals surface area contributed by atoms with Crippen molar-refractivity contribution >= 4 is 10.0 Å². The van der Waals surface area contributed by atoms with E-state index >= 15 is 0 Å². The molecule has 18 heavy (non-hydrogen) atoms. The van der Waals surface area contributed by atoms with Crippen LogP contribution in [0.2, 0.25) is 0 Å². The van der Waals surface area contributed by atoms with Crippen molar-refractivity contribution in [1.29, 1.82) is 0 Å². The molecule has 98 valence electrons. The van der Waals surface area contributed by atoms with Crippen molar-refractivity contribution in [2.24, 2.45) is 0 Å². The summed E-state index contributed by atoms with van der Waals surface area (Å²) in [4.78, 5) is 0.155. The Balaban J connectivity index is 2.10. The molecule has 0 aromatic carbocycles. The summed E-state index contributed by atoms with van der Waals surface area (Å²) < 4.78 is 33.0. The van der Waals surface area contributed by atoms with Gasteiger partial charge in [0.2, 0.25) is 10.0 Å². The zero-order valence-electron chi connectivity index (χ0n) is 10.2. The van der Waals surface area contributed by atoms with Crippen molar-refractivity contribution in [1.82, 2.24) is 14.5 Å². The van der Waals surface area contributed by atoms with Crippen LogP contribution in [0.5, 0.6) is 0 Å². The lowest BCUT2D eigenvalue weighted by Crippen LogP contribution is -2.22. The average molecular weight is 269 g/mol. The molecule has 0 aliphatic carbocycles. The van der Waals surface area contributed by atoms with Crippen molar-refractivity contribution < 1.29 is 12.8 Å². The highest BCUT2D eigenvalue weighted by Gasteiger charge is 2.17. The molecule has 0 aliphatic rings. The standard InChI is InChI=1S/C11H15N3O3S/c1-9(2)14-8-11(7-12-14)18(15,16)13-6-10-4-3-5-17-10/h3-5,7-9,13H,6H2,1-2H3. The lowest BCUT2D eigenvalue weighted by atomic mass is 10.4. The molecule has 0 amide bonds. The fourth-order valence-electron chi connectivity index (χ4n) is 1.40. The highest BCUT2D eigenvalue weighted by Crippen LogP contribution is 2.11. The van der Waals surface area contributed by atoms with Gasteiger partial charge >= 0.3 is 0 Å². The van der Waals surface area contributed by atoms with Crippen LogP contribution < -0.4 is 4.72 Å². The molecular formula is C11H15N3O3S. The lowest BCUT2D eigenvalue weighted by Gasteiger charge is -2.04. The van der Waals surface area contributed by atoms with E-state index in [1.54, 1.807) is 16.8 Å². The monoisotopic (exact) mass is 269 g/mol. The van der Waals surface area contributed by atoms with E-state index in [-0.39, 0.29) is 17.5 Å². The number of sulfonamides is 1. The molecule has 1 N–H and O–H groups in total. The lowest BCUT2D eigenvalue weighted by molar-refractivity contribution is 0.498. The predicted molar refractivity (Wildman–Crippen MR) is 65.3 cm³/mol. The maximum atomic E-state index is 12.0. The third kappa shape index (κ3) is 2.80. The molecule has 0 bridgehead atoms. The van der Waals surface area contributed by atoms with Crippen LogP contribution in [0.1, 0.15) is 25.6 Å². The molecule has 0 saturated carbocycles. The normalized spacial score (nSPS) is 12.2. The average Bonchev–Trinajstić information content (AvgIpc) is 2.98. The SMILES string of the molecule is CC(C)n1cc(S(=O)(=O)NCc2ccco2)cn1. The van der Waals surface area contributed by atoms with Gasteiger partial charge in [0.15, 0.2) is 0 Å². The second kappa shape index (κ2) is 4.95. The Morgan fingerprint density at radius 2 is 2.28 bits per heavy atom. The van der Waals surface area contributed by atoms with Gasteiger partial charge in [-0.2, -0.15) is 5.10 Å². The molecule has 2 heterocycles. The van der Waals surface area contributed by atoms with Gasteiger partial charge in [-0.1, -0.05) is 0 Å². The number of rotatable bonds is 5. The van der Waals surface area contributed by atoms with Crippen molar-refractivity contribution in [2.45, 2.75) is 31.3 Å². The second-order valence-corrected chi connectivity index (χ2v) is 5.92. The zero-order valence-corrected chi connectivity index (χ0v) is 11.0. The molecule has 2 aromatic heterocycles. The van der Waals surface area contributed by atoms with E-state index in [0.717, 1.165) is 0 Å². The molecule has 0 atom stereocenters. The van der Waals surface area contributed by atoms with Crippen LogP contribution in [0.4, 0.5) is 0 Å². The Morgan fingerprint density at radius 3 is 2.83 bits per heavy atom. The number of nitrogens with zero attached hydrogens (tertiary/aromatic N) is 2. The predicted octanol–water partition coefficient (Wildman–Crippen LogP) is 1.54. The fraction of sp³-hybridized carbons (Fsp3) is 0.364. The molecule has 6 nitrogen and oxygen atoms in total. The first-order valence-electron chi connectivity index (χ1n) is 5.55. The van der Waals surface area contributed by atoms with Crippen molar-refractivity contribution in [3.05, 3.63) is 36.5 Å². The Hall–Kier alpha value is -1.60. The van der Waals surface area contributed by atoms with Crippen molar-refractivity contribution in [3.8, 4) is 0 Å². The van der Waals surface area contributed by atoms with Crippen LogP contribution in [0.15, 0.2) is 40.1 Å². The summed E-state index contributed by atoms with van der Waals surface area (Å²) in [7, 11) is -3.54. The summed E-state index contributed by atoms with van der Waals surface area (Å²) in [5.74, 6) is 0.565. The molecule has 0 unspecified atom stereocenters. The largest absolute Gasteiger partial charge is 0.468 e. The molecule has 0 aliphatic heterocycles. The summed E-state index contributed by atoms with van der Waals surface area (Å²) in [6, 6.07) is 3.54. The second-order valence-electron chi connectivity index (χ2n) is 4.15. The quantitative estimate of drug-likeness (QED) is 0.893. The molecule has 2 rings (SSSR count). The minimum atomic E-state index is -3.54. The molecule has 0 fully saturated rings. The topological polar surface area (TPSA) is 77.1 Å². The summed E-state index contributed by atoms with van der Waals surface area (Å²) in [5, 5.41) is 4.00. The van der Waals surface area contributed by atoms with Crippen molar-refractivity contribution in [2.75, 3.05) is 0 Å². The Labute approximate surface area is 106 Å². The first-order valence-corrected chi connectivity index (χ1v) is 7.03. The number of nitrogens with one attached hydrogen (secondary N) is 1.